The molecule has 1 aromatic rings. The molecule has 68 valence electrons. The number of fused-ring (bicyclic) bond motifs is 3. The van der Waals surface area contributed by atoms with E-state index in [1.807, 2.05) is 18.4 Å². The van der Waals surface area contributed by atoms with E-state index in [1.165, 1.54) is 11.3 Å². The summed E-state index contributed by atoms with van der Waals surface area (Å²) in [6.07, 6.45) is 8.81. The molecule has 2 aliphatic heterocycles. The minimum Gasteiger partial charge on any atom is -0.305 e. The summed E-state index contributed by atoms with van der Waals surface area (Å²) in [5.41, 5.74) is 2.61. The summed E-state index contributed by atoms with van der Waals surface area (Å²) in [4.78, 5) is 6.55. The summed E-state index contributed by atoms with van der Waals surface area (Å²) < 4.78 is 0. The lowest BCUT2D eigenvalue weighted by atomic mass is 10.2. The third kappa shape index (κ3) is 1.01. The van der Waals surface area contributed by atoms with Crippen LogP contribution in [0.4, 0.5) is 5.69 Å². The Bertz CT molecular complexity index is 455. The molecule has 0 saturated heterocycles. The standard InChI is InChI=1S/C12H10N2/c1-2-6-11-10(5-1)9-12-13-7-3-4-8-14(11)12/h1-8H,9H2. The Balaban J connectivity index is 2.16. The molecule has 2 heteroatoms. The van der Waals surface area contributed by atoms with E-state index in [1.54, 1.807) is 0 Å². The van der Waals surface area contributed by atoms with Crippen LogP contribution in [0.1, 0.15) is 5.56 Å². The number of hydrogen-bond donors (Lipinski definition) is 0. The van der Waals surface area contributed by atoms with Gasteiger partial charge in [0.15, 0.2) is 0 Å². The van der Waals surface area contributed by atoms with E-state index in [2.05, 4.69) is 40.4 Å². The second kappa shape index (κ2) is 2.84. The van der Waals surface area contributed by atoms with Crippen LogP contribution >= 0.6 is 0 Å². The van der Waals surface area contributed by atoms with Gasteiger partial charge in [-0.3, -0.25) is 0 Å². The van der Waals surface area contributed by atoms with Crippen LogP contribution in [0, 0.1) is 0 Å². The van der Waals surface area contributed by atoms with Gasteiger partial charge in [-0.1, -0.05) is 18.2 Å². The SMILES string of the molecule is C1=CN=C2Cc3ccccc3N2C=C1. The number of rotatable bonds is 0. The topological polar surface area (TPSA) is 15.6 Å². The monoisotopic (exact) mass is 182 g/mol. The van der Waals surface area contributed by atoms with Crippen molar-refractivity contribution in [1.29, 1.82) is 0 Å². The van der Waals surface area contributed by atoms with Crippen molar-refractivity contribution < 1.29 is 0 Å². The quantitative estimate of drug-likeness (QED) is 0.602. The number of anilines is 1. The Morgan fingerprint density at radius 1 is 1.14 bits per heavy atom. The van der Waals surface area contributed by atoms with Gasteiger partial charge in [0.05, 0.1) is 5.69 Å². The summed E-state index contributed by atoms with van der Waals surface area (Å²) in [6.45, 7) is 0. The van der Waals surface area contributed by atoms with Crippen molar-refractivity contribution in [2.24, 2.45) is 4.99 Å². The first-order chi connectivity index (χ1) is 6.95. The largest absolute Gasteiger partial charge is 0.305 e. The molecule has 3 rings (SSSR count). The van der Waals surface area contributed by atoms with Crippen LogP contribution in [-0.2, 0) is 6.42 Å². The maximum Gasteiger partial charge on any atom is 0.117 e. The fraction of sp³-hybridized carbons (Fsp3) is 0.0833. The van der Waals surface area contributed by atoms with E-state index in [9.17, 15) is 0 Å². The molecule has 0 radical (unpaired) electrons. The average Bonchev–Trinajstić information content (AvgIpc) is 2.42. The van der Waals surface area contributed by atoms with Crippen LogP contribution in [0.5, 0.6) is 0 Å². The van der Waals surface area contributed by atoms with E-state index in [-0.39, 0.29) is 0 Å². The highest BCUT2D eigenvalue weighted by atomic mass is 15.2. The third-order valence-corrected chi connectivity index (χ3v) is 2.53. The third-order valence-electron chi connectivity index (χ3n) is 2.53. The van der Waals surface area contributed by atoms with Gasteiger partial charge < -0.3 is 4.90 Å². The summed E-state index contributed by atoms with van der Waals surface area (Å²) in [5.74, 6) is 1.11. The van der Waals surface area contributed by atoms with E-state index < -0.39 is 0 Å². The van der Waals surface area contributed by atoms with Gasteiger partial charge in [-0.25, -0.2) is 4.99 Å². The fourth-order valence-corrected chi connectivity index (χ4v) is 1.88. The van der Waals surface area contributed by atoms with Gasteiger partial charge in [0.1, 0.15) is 5.84 Å². The lowest BCUT2D eigenvalue weighted by molar-refractivity contribution is 1.34. The highest BCUT2D eigenvalue weighted by molar-refractivity contribution is 6.06. The van der Waals surface area contributed by atoms with Crippen LogP contribution in [0.3, 0.4) is 0 Å². The molecule has 0 atom stereocenters. The van der Waals surface area contributed by atoms with Gasteiger partial charge in [-0.15, -0.1) is 0 Å². The maximum absolute atomic E-state index is 4.40. The molecule has 0 fully saturated rings. The Morgan fingerprint density at radius 3 is 3.07 bits per heavy atom. The lowest BCUT2D eigenvalue weighted by Crippen LogP contribution is -2.19. The Labute approximate surface area is 82.9 Å². The van der Waals surface area contributed by atoms with Gasteiger partial charge in [0.25, 0.3) is 0 Å². The molecule has 0 N–H and O–H groups in total. The van der Waals surface area contributed by atoms with Crippen LogP contribution in [0.25, 0.3) is 0 Å². The van der Waals surface area contributed by atoms with Gasteiger partial charge in [-0.05, 0) is 23.8 Å². The summed E-state index contributed by atoms with van der Waals surface area (Å²) >= 11 is 0. The Morgan fingerprint density at radius 2 is 2.07 bits per heavy atom. The minimum atomic E-state index is 0.935. The molecule has 0 unspecified atom stereocenters. The first kappa shape index (κ1) is 7.56. The molecule has 2 aliphatic rings. The highest BCUT2D eigenvalue weighted by Crippen LogP contribution is 2.29. The second-order valence-corrected chi connectivity index (χ2v) is 3.40. The molecule has 2 heterocycles. The fourth-order valence-electron chi connectivity index (χ4n) is 1.88. The minimum absolute atomic E-state index is 0.935. The number of para-hydroxylation sites is 1. The predicted octanol–water partition coefficient (Wildman–Crippen LogP) is 2.49. The molecular formula is C12H10N2. The van der Waals surface area contributed by atoms with Crippen LogP contribution in [0.2, 0.25) is 0 Å². The zero-order valence-corrected chi connectivity index (χ0v) is 7.72. The Kier molecular flexibility index (Phi) is 1.53. The van der Waals surface area contributed by atoms with Crippen molar-refractivity contribution in [2.45, 2.75) is 6.42 Å². The van der Waals surface area contributed by atoms with E-state index >= 15 is 0 Å². The van der Waals surface area contributed by atoms with Crippen molar-refractivity contribution >= 4 is 11.5 Å². The van der Waals surface area contributed by atoms with Crippen molar-refractivity contribution in [2.75, 3.05) is 4.90 Å². The van der Waals surface area contributed by atoms with Crippen LogP contribution in [0.15, 0.2) is 53.8 Å². The van der Waals surface area contributed by atoms with Crippen LogP contribution < -0.4 is 4.90 Å². The van der Waals surface area contributed by atoms with E-state index in [4.69, 9.17) is 0 Å². The van der Waals surface area contributed by atoms with Crippen LogP contribution in [-0.4, -0.2) is 5.84 Å². The first-order valence-electron chi connectivity index (χ1n) is 4.72. The summed E-state index contributed by atoms with van der Waals surface area (Å²) in [5, 5.41) is 0. The van der Waals surface area contributed by atoms with Gasteiger partial charge >= 0.3 is 0 Å². The van der Waals surface area contributed by atoms with Gasteiger partial charge in [0.2, 0.25) is 0 Å². The number of allylic oxidation sites excluding steroid dienone is 2. The maximum atomic E-state index is 4.40. The second-order valence-electron chi connectivity index (χ2n) is 3.40. The Hall–Kier alpha value is -1.83. The molecule has 0 aliphatic carbocycles. The molecule has 0 saturated carbocycles. The highest BCUT2D eigenvalue weighted by Gasteiger charge is 2.22. The molecule has 2 nitrogen and oxygen atoms in total. The molecule has 14 heavy (non-hydrogen) atoms. The van der Waals surface area contributed by atoms with E-state index in [0.29, 0.717) is 0 Å². The van der Waals surface area contributed by atoms with Crippen molar-refractivity contribution in [3.8, 4) is 0 Å². The number of nitrogens with zero attached hydrogens (tertiary/aromatic N) is 2. The molecule has 0 amide bonds. The summed E-state index contributed by atoms with van der Waals surface area (Å²) in [6, 6.07) is 8.43. The smallest absolute Gasteiger partial charge is 0.117 e. The average molecular weight is 182 g/mol. The summed E-state index contributed by atoms with van der Waals surface area (Å²) in [7, 11) is 0. The van der Waals surface area contributed by atoms with Gasteiger partial charge in [-0.2, -0.15) is 0 Å². The number of benzene rings is 1. The molecule has 0 bridgehead atoms. The number of aliphatic imine (C=N–C) groups is 1. The van der Waals surface area contributed by atoms with Crippen molar-refractivity contribution in [3.05, 3.63) is 54.4 Å². The van der Waals surface area contributed by atoms with Crippen molar-refractivity contribution in [1.82, 2.24) is 0 Å². The zero-order valence-electron chi connectivity index (χ0n) is 7.72. The van der Waals surface area contributed by atoms with Crippen molar-refractivity contribution in [3.63, 3.8) is 0 Å². The predicted molar refractivity (Wildman–Crippen MR) is 58.3 cm³/mol. The lowest BCUT2D eigenvalue weighted by Gasteiger charge is -2.13. The van der Waals surface area contributed by atoms with E-state index in [0.717, 1.165) is 12.3 Å². The van der Waals surface area contributed by atoms with Gasteiger partial charge in [0, 0.05) is 18.8 Å². The molecule has 0 spiro atoms. The normalized spacial score (nSPS) is 17.4. The molecule has 0 aromatic heterocycles. The molecule has 1 aromatic carbocycles. The zero-order chi connectivity index (χ0) is 9.38. The molecular weight excluding hydrogens is 172 g/mol. The first-order valence-corrected chi connectivity index (χ1v) is 4.72. The number of amidine groups is 1. The number of hydrogen-bond acceptors (Lipinski definition) is 2.